The van der Waals surface area contributed by atoms with Gasteiger partial charge in [0.15, 0.2) is 5.82 Å². The second-order valence-electron chi connectivity index (χ2n) is 7.25. The Labute approximate surface area is 162 Å². The maximum Gasteiger partial charge on any atom is 0.251 e. The molecule has 0 saturated carbocycles. The van der Waals surface area contributed by atoms with Crippen LogP contribution in [0.4, 0.5) is 0 Å². The number of aliphatic hydroxyl groups is 1. The van der Waals surface area contributed by atoms with E-state index in [1.54, 1.807) is 22.8 Å². The van der Waals surface area contributed by atoms with Crippen LogP contribution in [0.25, 0.3) is 16.8 Å². The van der Waals surface area contributed by atoms with Crippen molar-refractivity contribution in [2.45, 2.75) is 32.9 Å². The third kappa shape index (κ3) is 4.53. The molecular formula is C20H21ClN4O2. The number of hydrogen-bond donors (Lipinski definition) is 2. The molecule has 0 atom stereocenters. The van der Waals surface area contributed by atoms with Gasteiger partial charge in [0.25, 0.3) is 5.91 Å². The van der Waals surface area contributed by atoms with E-state index in [1.807, 2.05) is 45.0 Å². The number of amides is 1. The summed E-state index contributed by atoms with van der Waals surface area (Å²) in [6, 6.07) is 12.9. The van der Waals surface area contributed by atoms with E-state index in [-0.39, 0.29) is 18.1 Å². The van der Waals surface area contributed by atoms with E-state index in [0.717, 1.165) is 11.1 Å². The molecule has 2 N–H and O–H groups in total. The molecule has 0 bridgehead atoms. The Bertz CT molecular complexity index is 959. The summed E-state index contributed by atoms with van der Waals surface area (Å²) >= 11 is 5.99. The first-order chi connectivity index (χ1) is 12.8. The summed E-state index contributed by atoms with van der Waals surface area (Å²) in [6.45, 7) is 5.53. The minimum Gasteiger partial charge on any atom is -0.388 e. The van der Waals surface area contributed by atoms with Crippen molar-refractivity contribution in [2.24, 2.45) is 0 Å². The lowest BCUT2D eigenvalue weighted by Crippen LogP contribution is -2.40. The van der Waals surface area contributed by atoms with E-state index in [2.05, 4.69) is 15.5 Å². The van der Waals surface area contributed by atoms with E-state index >= 15 is 0 Å². The Balaban J connectivity index is 2.13. The Hall–Kier alpha value is -2.70. The van der Waals surface area contributed by atoms with Crippen molar-refractivity contribution in [1.29, 1.82) is 0 Å². The highest BCUT2D eigenvalue weighted by molar-refractivity contribution is 6.30. The normalized spacial score (nSPS) is 11.4. The van der Waals surface area contributed by atoms with Gasteiger partial charge in [0, 0.05) is 21.8 Å². The number of benzene rings is 2. The summed E-state index contributed by atoms with van der Waals surface area (Å²) in [5.41, 5.74) is 2.60. The lowest BCUT2D eigenvalue weighted by atomic mass is 10.0. The molecule has 6 nitrogen and oxygen atoms in total. The van der Waals surface area contributed by atoms with Crippen LogP contribution < -0.4 is 5.32 Å². The summed E-state index contributed by atoms with van der Waals surface area (Å²) < 4.78 is 1.66. The molecule has 27 heavy (non-hydrogen) atoms. The number of rotatable bonds is 4. The Morgan fingerprint density at radius 2 is 1.85 bits per heavy atom. The molecule has 1 heterocycles. The molecule has 1 amide bonds. The van der Waals surface area contributed by atoms with Gasteiger partial charge < -0.3 is 10.4 Å². The molecule has 1 aromatic heterocycles. The number of nitrogens with one attached hydrogen (secondary N) is 1. The standard InChI is InChI=1S/C20H21ClN4O2/c1-20(2,3)23-19(27)15-8-14(13-4-6-16(21)7-5-13)9-17(10-15)25-12-22-24-18(25)11-26/h4-10,12,26H,11H2,1-3H3,(H,23,27). The second kappa shape index (κ2) is 7.50. The van der Waals surface area contributed by atoms with E-state index in [1.165, 1.54) is 6.33 Å². The predicted molar refractivity (Wildman–Crippen MR) is 105 cm³/mol. The summed E-state index contributed by atoms with van der Waals surface area (Å²) in [4.78, 5) is 12.8. The molecule has 7 heteroatoms. The van der Waals surface area contributed by atoms with Crippen molar-refractivity contribution in [2.75, 3.05) is 0 Å². The van der Waals surface area contributed by atoms with E-state index in [4.69, 9.17) is 11.6 Å². The Morgan fingerprint density at radius 1 is 1.15 bits per heavy atom. The van der Waals surface area contributed by atoms with Crippen LogP contribution in [0.1, 0.15) is 37.0 Å². The van der Waals surface area contributed by atoms with Crippen LogP contribution in [0, 0.1) is 0 Å². The van der Waals surface area contributed by atoms with Crippen LogP contribution in [0.2, 0.25) is 5.02 Å². The van der Waals surface area contributed by atoms with Crippen LogP contribution in [-0.2, 0) is 6.61 Å². The molecule has 2 aromatic carbocycles. The van der Waals surface area contributed by atoms with E-state index in [9.17, 15) is 9.90 Å². The predicted octanol–water partition coefficient (Wildman–Crippen LogP) is 3.61. The third-order valence-corrected chi connectivity index (χ3v) is 4.14. The molecule has 0 spiro atoms. The van der Waals surface area contributed by atoms with Gasteiger partial charge in [0.2, 0.25) is 0 Å². The van der Waals surface area contributed by atoms with Gasteiger partial charge in [-0.15, -0.1) is 10.2 Å². The van der Waals surface area contributed by atoms with Gasteiger partial charge in [-0.2, -0.15) is 0 Å². The molecule has 0 aliphatic rings. The number of aliphatic hydroxyl groups excluding tert-OH is 1. The number of nitrogens with zero attached hydrogens (tertiary/aromatic N) is 3. The fourth-order valence-electron chi connectivity index (χ4n) is 2.69. The third-order valence-electron chi connectivity index (χ3n) is 3.88. The molecule has 0 radical (unpaired) electrons. The zero-order valence-electron chi connectivity index (χ0n) is 15.4. The van der Waals surface area contributed by atoms with Crippen molar-refractivity contribution in [1.82, 2.24) is 20.1 Å². The quantitative estimate of drug-likeness (QED) is 0.720. The fraction of sp³-hybridized carbons (Fsp3) is 0.250. The minimum atomic E-state index is -0.361. The van der Waals surface area contributed by atoms with Gasteiger partial charge in [-0.05, 0) is 62.2 Å². The lowest BCUT2D eigenvalue weighted by molar-refractivity contribution is 0.0919. The highest BCUT2D eigenvalue weighted by Gasteiger charge is 2.18. The van der Waals surface area contributed by atoms with Crippen LogP contribution >= 0.6 is 11.6 Å². The molecule has 0 fully saturated rings. The molecule has 3 aromatic rings. The van der Waals surface area contributed by atoms with Crippen molar-refractivity contribution in [3.8, 4) is 16.8 Å². The molecule has 140 valence electrons. The van der Waals surface area contributed by atoms with Crippen molar-refractivity contribution in [3.05, 3.63) is 65.2 Å². The molecule has 0 unspecified atom stereocenters. The van der Waals surface area contributed by atoms with Crippen LogP contribution in [0.15, 0.2) is 48.8 Å². The minimum absolute atomic E-state index is 0.182. The van der Waals surface area contributed by atoms with Gasteiger partial charge in [-0.3, -0.25) is 9.36 Å². The first kappa shape index (κ1) is 19.1. The fourth-order valence-corrected chi connectivity index (χ4v) is 2.81. The Morgan fingerprint density at radius 3 is 2.48 bits per heavy atom. The zero-order valence-corrected chi connectivity index (χ0v) is 16.2. The lowest BCUT2D eigenvalue weighted by Gasteiger charge is -2.21. The summed E-state index contributed by atoms with van der Waals surface area (Å²) in [7, 11) is 0. The zero-order chi connectivity index (χ0) is 19.6. The molecule has 0 aliphatic heterocycles. The average molecular weight is 385 g/mol. The molecule has 0 saturated heterocycles. The summed E-state index contributed by atoms with van der Waals surface area (Å²) in [5.74, 6) is 0.212. The first-order valence-electron chi connectivity index (χ1n) is 8.50. The molecular weight excluding hydrogens is 364 g/mol. The first-order valence-corrected chi connectivity index (χ1v) is 8.88. The van der Waals surface area contributed by atoms with Gasteiger partial charge in [0.1, 0.15) is 12.9 Å². The number of halogens is 1. The molecule has 3 rings (SSSR count). The van der Waals surface area contributed by atoms with Crippen LogP contribution in [-0.4, -0.2) is 31.3 Å². The van der Waals surface area contributed by atoms with E-state index in [0.29, 0.717) is 22.1 Å². The SMILES string of the molecule is CC(C)(C)NC(=O)c1cc(-c2ccc(Cl)cc2)cc(-n2cnnc2CO)c1. The van der Waals surface area contributed by atoms with Gasteiger partial charge in [-0.1, -0.05) is 23.7 Å². The monoisotopic (exact) mass is 384 g/mol. The number of hydrogen-bond acceptors (Lipinski definition) is 4. The highest BCUT2D eigenvalue weighted by Crippen LogP contribution is 2.26. The Kier molecular flexibility index (Phi) is 5.30. The van der Waals surface area contributed by atoms with Crippen molar-refractivity contribution in [3.63, 3.8) is 0 Å². The van der Waals surface area contributed by atoms with Crippen LogP contribution in [0.3, 0.4) is 0 Å². The van der Waals surface area contributed by atoms with E-state index < -0.39 is 0 Å². The van der Waals surface area contributed by atoms with Crippen molar-refractivity contribution >= 4 is 17.5 Å². The maximum absolute atomic E-state index is 12.8. The number of carbonyl (C=O) groups is 1. The number of carbonyl (C=O) groups excluding carboxylic acids is 1. The van der Waals surface area contributed by atoms with Crippen molar-refractivity contribution < 1.29 is 9.90 Å². The number of aromatic nitrogens is 3. The van der Waals surface area contributed by atoms with Gasteiger partial charge in [-0.25, -0.2) is 0 Å². The van der Waals surface area contributed by atoms with Crippen LogP contribution in [0.5, 0.6) is 0 Å². The largest absolute Gasteiger partial charge is 0.388 e. The average Bonchev–Trinajstić information content (AvgIpc) is 3.09. The topological polar surface area (TPSA) is 80.0 Å². The highest BCUT2D eigenvalue weighted by atomic mass is 35.5. The smallest absolute Gasteiger partial charge is 0.251 e. The van der Waals surface area contributed by atoms with Gasteiger partial charge in [0.05, 0.1) is 0 Å². The molecule has 0 aliphatic carbocycles. The van der Waals surface area contributed by atoms with Gasteiger partial charge >= 0.3 is 0 Å². The summed E-state index contributed by atoms with van der Waals surface area (Å²) in [6.07, 6.45) is 1.51. The maximum atomic E-state index is 12.8. The summed E-state index contributed by atoms with van der Waals surface area (Å²) in [5, 5.41) is 20.9. The second-order valence-corrected chi connectivity index (χ2v) is 7.69.